The minimum Gasteiger partial charge on any atom is -0.394 e. The van der Waals surface area contributed by atoms with E-state index in [0.717, 1.165) is 13.0 Å². The summed E-state index contributed by atoms with van der Waals surface area (Å²) in [5.41, 5.74) is 0.195. The number of carbonyl (C=O) groups excluding carboxylic acids is 1. The Balaban J connectivity index is 1.64. The molecule has 1 aliphatic heterocycles. The summed E-state index contributed by atoms with van der Waals surface area (Å²) >= 11 is 0. The van der Waals surface area contributed by atoms with Crippen molar-refractivity contribution in [2.45, 2.75) is 57.2 Å². The van der Waals surface area contributed by atoms with Gasteiger partial charge in [-0.15, -0.1) is 0 Å². The number of rotatable bonds is 3. The molecule has 0 aromatic rings. The van der Waals surface area contributed by atoms with Crippen LogP contribution in [0.1, 0.15) is 39.0 Å². The number of hydrogen-bond acceptors (Lipinski definition) is 3. The van der Waals surface area contributed by atoms with E-state index in [1.54, 1.807) is 6.92 Å². The summed E-state index contributed by atoms with van der Waals surface area (Å²) in [4.78, 5) is 12.0. The van der Waals surface area contributed by atoms with E-state index in [-0.39, 0.29) is 30.1 Å². The summed E-state index contributed by atoms with van der Waals surface area (Å²) in [5.74, 6) is 0.494. The lowest BCUT2D eigenvalue weighted by Gasteiger charge is -2.56. The second kappa shape index (κ2) is 4.94. The molecule has 5 nitrogen and oxygen atoms in total. The Kier molecular flexibility index (Phi) is 3.43. The molecule has 3 rings (SSSR count). The van der Waals surface area contributed by atoms with E-state index in [1.165, 1.54) is 25.7 Å². The van der Waals surface area contributed by atoms with Gasteiger partial charge in [0.1, 0.15) is 0 Å². The number of hydrogen-bond donors (Lipinski definition) is 3. The van der Waals surface area contributed by atoms with Gasteiger partial charge in [0.25, 0.3) is 0 Å². The average Bonchev–Trinajstić information content (AvgIpc) is 3.03. The molecular weight excluding hydrogens is 244 g/mol. The first kappa shape index (κ1) is 13.2. The Morgan fingerprint density at radius 2 is 2.21 bits per heavy atom. The fourth-order valence-electron chi connectivity index (χ4n) is 4.36. The summed E-state index contributed by atoms with van der Waals surface area (Å²) in [6.45, 7) is 2.61. The summed E-state index contributed by atoms with van der Waals surface area (Å²) < 4.78 is 5.89. The number of urea groups is 1. The van der Waals surface area contributed by atoms with Gasteiger partial charge < -0.3 is 20.5 Å². The van der Waals surface area contributed by atoms with E-state index in [2.05, 4.69) is 10.6 Å². The van der Waals surface area contributed by atoms with E-state index in [4.69, 9.17) is 9.84 Å². The third-order valence-electron chi connectivity index (χ3n) is 5.22. The summed E-state index contributed by atoms with van der Waals surface area (Å²) in [7, 11) is 0. The Morgan fingerprint density at radius 1 is 1.47 bits per heavy atom. The van der Waals surface area contributed by atoms with Crippen LogP contribution in [-0.4, -0.2) is 42.5 Å². The number of aliphatic hydroxyl groups excluding tert-OH is 1. The third kappa shape index (κ3) is 2.03. The molecule has 4 atom stereocenters. The van der Waals surface area contributed by atoms with E-state index < -0.39 is 0 Å². The minimum absolute atomic E-state index is 0.0294. The molecule has 1 heterocycles. The fourth-order valence-corrected chi connectivity index (χ4v) is 4.36. The molecule has 0 radical (unpaired) electrons. The first-order chi connectivity index (χ1) is 9.17. The van der Waals surface area contributed by atoms with Gasteiger partial charge in [0.2, 0.25) is 0 Å². The molecular formula is C14H24N2O3. The normalized spacial score (nSPS) is 36.6. The second-order valence-electron chi connectivity index (χ2n) is 6.36. The third-order valence-corrected chi connectivity index (χ3v) is 5.22. The van der Waals surface area contributed by atoms with Gasteiger partial charge in [-0.05, 0) is 26.2 Å². The van der Waals surface area contributed by atoms with Gasteiger partial charge in [-0.25, -0.2) is 4.79 Å². The van der Waals surface area contributed by atoms with E-state index >= 15 is 0 Å². The van der Waals surface area contributed by atoms with E-state index in [9.17, 15) is 4.79 Å². The minimum atomic E-state index is -0.199. The predicted molar refractivity (Wildman–Crippen MR) is 70.8 cm³/mol. The molecule has 108 valence electrons. The van der Waals surface area contributed by atoms with Gasteiger partial charge in [-0.1, -0.05) is 12.8 Å². The van der Waals surface area contributed by atoms with Crippen LogP contribution < -0.4 is 10.6 Å². The maximum absolute atomic E-state index is 12.0. The monoisotopic (exact) mass is 268 g/mol. The van der Waals surface area contributed by atoms with Crippen molar-refractivity contribution in [3.05, 3.63) is 0 Å². The Labute approximate surface area is 114 Å². The maximum atomic E-state index is 12.0. The Bertz CT molecular complexity index is 355. The second-order valence-corrected chi connectivity index (χ2v) is 6.36. The van der Waals surface area contributed by atoms with E-state index in [0.29, 0.717) is 12.0 Å². The fraction of sp³-hybridized carbons (Fsp3) is 0.929. The number of amides is 2. The van der Waals surface area contributed by atoms with Crippen molar-refractivity contribution < 1.29 is 14.6 Å². The number of fused-ring (bicyclic) bond motifs is 2. The first-order valence-corrected chi connectivity index (χ1v) is 7.47. The van der Waals surface area contributed by atoms with Gasteiger partial charge in [-0.2, -0.15) is 0 Å². The van der Waals surface area contributed by atoms with Crippen LogP contribution in [0, 0.1) is 11.3 Å². The largest absolute Gasteiger partial charge is 0.394 e. The Hall–Kier alpha value is -0.810. The van der Waals surface area contributed by atoms with Gasteiger partial charge in [0, 0.05) is 24.0 Å². The highest BCUT2D eigenvalue weighted by Crippen LogP contribution is 2.60. The van der Waals surface area contributed by atoms with Crippen molar-refractivity contribution in [1.82, 2.24) is 10.6 Å². The first-order valence-electron chi connectivity index (χ1n) is 7.47. The molecule has 2 saturated carbocycles. The van der Waals surface area contributed by atoms with Gasteiger partial charge in [0.15, 0.2) is 0 Å². The molecule has 0 aromatic heterocycles. The SMILES string of the molecule is C[C@@H](CO)NC(=O)NC1C2CCOC2C12CCCC2. The molecule has 3 unspecified atom stereocenters. The number of nitrogens with one attached hydrogen (secondary N) is 2. The van der Waals surface area contributed by atoms with Gasteiger partial charge in [-0.3, -0.25) is 0 Å². The topological polar surface area (TPSA) is 70.6 Å². The highest BCUT2D eigenvalue weighted by Gasteiger charge is 2.65. The van der Waals surface area contributed by atoms with Crippen LogP contribution in [0.3, 0.4) is 0 Å². The summed E-state index contributed by atoms with van der Waals surface area (Å²) in [6.07, 6.45) is 6.28. The quantitative estimate of drug-likeness (QED) is 0.715. The highest BCUT2D eigenvalue weighted by atomic mass is 16.5. The molecule has 3 N–H and O–H groups in total. The molecule has 1 spiro atoms. The number of aliphatic hydroxyl groups is 1. The lowest BCUT2D eigenvalue weighted by Crippen LogP contribution is -2.69. The zero-order chi connectivity index (χ0) is 13.5. The van der Waals surface area contributed by atoms with Crippen LogP contribution in [0.2, 0.25) is 0 Å². The van der Waals surface area contributed by atoms with Crippen molar-refractivity contribution >= 4 is 6.03 Å². The van der Waals surface area contributed by atoms with Crippen molar-refractivity contribution in [1.29, 1.82) is 0 Å². The molecule has 1 saturated heterocycles. The Morgan fingerprint density at radius 3 is 2.89 bits per heavy atom. The van der Waals surface area contributed by atoms with Crippen molar-refractivity contribution in [3.8, 4) is 0 Å². The lowest BCUT2D eigenvalue weighted by molar-refractivity contribution is -0.126. The molecule has 3 fully saturated rings. The standard InChI is InChI=1S/C14H24N2O3/c1-9(8-17)15-13(18)16-11-10-4-7-19-12(10)14(11)5-2-3-6-14/h9-12,17H,2-8H2,1H3,(H2,15,16,18)/t9-,10?,11?,12?/m0/s1. The van der Waals surface area contributed by atoms with Crippen molar-refractivity contribution in [2.24, 2.45) is 11.3 Å². The van der Waals surface area contributed by atoms with Crippen LogP contribution in [-0.2, 0) is 4.74 Å². The lowest BCUT2D eigenvalue weighted by atomic mass is 9.54. The molecule has 5 heteroatoms. The van der Waals surface area contributed by atoms with E-state index in [1.807, 2.05) is 0 Å². The zero-order valence-corrected chi connectivity index (χ0v) is 11.5. The molecule has 19 heavy (non-hydrogen) atoms. The van der Waals surface area contributed by atoms with Gasteiger partial charge >= 0.3 is 6.03 Å². The molecule has 2 amide bonds. The predicted octanol–water partition coefficient (Wildman–Crippen LogP) is 1.01. The van der Waals surface area contributed by atoms with Crippen molar-refractivity contribution in [2.75, 3.05) is 13.2 Å². The average molecular weight is 268 g/mol. The maximum Gasteiger partial charge on any atom is 0.315 e. The van der Waals surface area contributed by atoms with Crippen LogP contribution in [0.15, 0.2) is 0 Å². The van der Waals surface area contributed by atoms with Crippen LogP contribution in [0.4, 0.5) is 4.79 Å². The molecule has 3 aliphatic rings. The molecule has 0 bridgehead atoms. The summed E-state index contributed by atoms with van der Waals surface area (Å²) in [6, 6.07) is -0.0909. The van der Waals surface area contributed by atoms with Gasteiger partial charge in [0.05, 0.1) is 18.8 Å². The molecule has 0 aromatic carbocycles. The van der Waals surface area contributed by atoms with Crippen LogP contribution >= 0.6 is 0 Å². The smallest absolute Gasteiger partial charge is 0.315 e. The van der Waals surface area contributed by atoms with Crippen LogP contribution in [0.5, 0.6) is 0 Å². The number of ether oxygens (including phenoxy) is 1. The highest BCUT2D eigenvalue weighted by molar-refractivity contribution is 5.75. The van der Waals surface area contributed by atoms with Crippen LogP contribution in [0.25, 0.3) is 0 Å². The summed E-state index contributed by atoms with van der Waals surface area (Å²) in [5, 5.41) is 14.9. The molecule has 2 aliphatic carbocycles. The number of carbonyl (C=O) groups is 1. The zero-order valence-electron chi connectivity index (χ0n) is 11.5. The van der Waals surface area contributed by atoms with Crippen molar-refractivity contribution in [3.63, 3.8) is 0 Å².